The van der Waals surface area contributed by atoms with Gasteiger partial charge in [0.05, 0.1) is 18.3 Å². The van der Waals surface area contributed by atoms with E-state index in [-0.39, 0.29) is 5.75 Å². The fourth-order valence-electron chi connectivity index (χ4n) is 1.57. The van der Waals surface area contributed by atoms with Gasteiger partial charge in [0.25, 0.3) is 0 Å². The van der Waals surface area contributed by atoms with Gasteiger partial charge in [0, 0.05) is 6.54 Å². The van der Waals surface area contributed by atoms with E-state index >= 15 is 0 Å². The quantitative estimate of drug-likeness (QED) is 0.903. The van der Waals surface area contributed by atoms with E-state index in [0.717, 1.165) is 5.56 Å². The number of carbonyl (C=O) groups is 1. The van der Waals surface area contributed by atoms with Crippen molar-refractivity contribution < 1.29 is 23.1 Å². The van der Waals surface area contributed by atoms with E-state index in [4.69, 9.17) is 18.3 Å². The van der Waals surface area contributed by atoms with Crippen LogP contribution in [-0.4, -0.2) is 32.4 Å². The molecule has 112 valence electrons. The monoisotopic (exact) mass is 284 g/mol. The van der Waals surface area contributed by atoms with E-state index in [0.29, 0.717) is 18.7 Å². The third-order valence-electron chi connectivity index (χ3n) is 2.42. The van der Waals surface area contributed by atoms with Crippen LogP contribution in [0.2, 0.25) is 0 Å². The Hall–Kier alpha value is -1.91. The van der Waals surface area contributed by atoms with Crippen molar-refractivity contribution in [2.45, 2.75) is 32.8 Å². The molecule has 1 aromatic carbocycles. The molecule has 0 radical (unpaired) electrons. The lowest BCUT2D eigenvalue weighted by molar-refractivity contribution is 0.0528. The average Bonchev–Trinajstić information content (AvgIpc) is 2.36. The van der Waals surface area contributed by atoms with E-state index in [1.54, 1.807) is 32.9 Å². The van der Waals surface area contributed by atoms with Crippen LogP contribution < -0.4 is 14.8 Å². The molecule has 0 aromatic heterocycles. The van der Waals surface area contributed by atoms with Crippen molar-refractivity contribution in [3.63, 3.8) is 0 Å². The Kier molecular flexibility index (Phi) is 4.17. The lowest BCUT2D eigenvalue weighted by Crippen LogP contribution is -2.33. The Morgan fingerprint density at radius 3 is 2.65 bits per heavy atom. The van der Waals surface area contributed by atoms with E-state index in [1.165, 1.54) is 13.2 Å². The number of hydrogen-bond donors (Lipinski definition) is 1. The van der Waals surface area contributed by atoms with Crippen LogP contribution in [0.1, 0.15) is 30.4 Å². The molecule has 0 aliphatic rings. The summed E-state index contributed by atoms with van der Waals surface area (Å²) < 4.78 is 36.5. The highest BCUT2D eigenvalue weighted by Gasteiger charge is 2.15. The zero-order valence-electron chi connectivity index (χ0n) is 15.3. The molecule has 5 heteroatoms. The van der Waals surface area contributed by atoms with Gasteiger partial charge in [0.1, 0.15) is 5.60 Å². The van der Waals surface area contributed by atoms with Crippen molar-refractivity contribution in [2.24, 2.45) is 0 Å². The molecular weight excluding hydrogens is 258 g/mol. The zero-order chi connectivity index (χ0) is 17.7. The third kappa shape index (κ3) is 5.38. The van der Waals surface area contributed by atoms with Crippen LogP contribution in [0.15, 0.2) is 18.2 Å². The minimum Gasteiger partial charge on any atom is -0.493 e. The molecule has 0 bridgehead atoms. The molecule has 0 atom stereocenters. The van der Waals surface area contributed by atoms with Gasteiger partial charge in [-0.2, -0.15) is 0 Å². The second-order valence-electron chi connectivity index (χ2n) is 5.27. The first-order valence-corrected chi connectivity index (χ1v) is 6.33. The molecule has 0 unspecified atom stereocenters. The summed E-state index contributed by atoms with van der Waals surface area (Å²) in [6.45, 7) is 5.76. The first-order valence-electron chi connectivity index (χ1n) is 7.83. The predicted octanol–water partition coefficient (Wildman–Crippen LogP) is 2.77. The molecule has 20 heavy (non-hydrogen) atoms. The Balaban J connectivity index is 2.60. The molecule has 0 saturated heterocycles. The van der Waals surface area contributed by atoms with Crippen LogP contribution in [0, 0.1) is 0 Å². The van der Waals surface area contributed by atoms with E-state index in [2.05, 4.69) is 5.32 Å². The normalized spacial score (nSPS) is 13.7. The predicted molar refractivity (Wildman–Crippen MR) is 77.5 cm³/mol. The van der Waals surface area contributed by atoms with E-state index in [1.807, 2.05) is 0 Å². The van der Waals surface area contributed by atoms with Gasteiger partial charge in [0.2, 0.25) is 0 Å². The van der Waals surface area contributed by atoms with E-state index < -0.39 is 18.7 Å². The topological polar surface area (TPSA) is 56.8 Å². The highest BCUT2D eigenvalue weighted by molar-refractivity contribution is 5.67. The second-order valence-corrected chi connectivity index (χ2v) is 5.27. The molecule has 0 spiro atoms. The minimum atomic E-state index is -2.53. The molecule has 1 aromatic rings. The number of rotatable bonds is 5. The van der Waals surface area contributed by atoms with E-state index in [9.17, 15) is 4.79 Å². The number of alkyl carbamates (subject to hydrolysis) is 1. The number of nitrogens with one attached hydrogen (secondary N) is 1. The molecule has 5 nitrogen and oxygen atoms in total. The number of amides is 1. The fraction of sp³-hybridized carbons (Fsp3) is 0.533. The van der Waals surface area contributed by atoms with Crippen molar-refractivity contribution in [1.82, 2.24) is 5.32 Å². The van der Waals surface area contributed by atoms with Gasteiger partial charge in [-0.25, -0.2) is 4.79 Å². The van der Waals surface area contributed by atoms with Gasteiger partial charge < -0.3 is 19.5 Å². The molecule has 0 saturated carbocycles. The summed E-state index contributed by atoms with van der Waals surface area (Å²) in [6, 6.07) is 4.94. The number of methoxy groups -OCH3 is 2. The van der Waals surface area contributed by atoms with Crippen molar-refractivity contribution in [2.75, 3.05) is 20.7 Å². The summed E-state index contributed by atoms with van der Waals surface area (Å²) in [4.78, 5) is 11.5. The Labute approximate surface area is 124 Å². The zero-order valence-corrected chi connectivity index (χ0v) is 12.3. The first-order chi connectivity index (χ1) is 10.5. The highest BCUT2D eigenvalue weighted by atomic mass is 16.6. The summed E-state index contributed by atoms with van der Waals surface area (Å²) in [5, 5.41) is 2.65. The van der Waals surface area contributed by atoms with Crippen molar-refractivity contribution in [1.29, 1.82) is 0 Å². The van der Waals surface area contributed by atoms with Crippen molar-refractivity contribution in [3.05, 3.63) is 23.8 Å². The summed E-state index contributed by atoms with van der Waals surface area (Å²) in [5.41, 5.74) is 0.331. The van der Waals surface area contributed by atoms with Gasteiger partial charge in [0.15, 0.2) is 11.5 Å². The Bertz CT molecular complexity index is 539. The Morgan fingerprint density at radius 1 is 1.30 bits per heavy atom. The maximum absolute atomic E-state index is 11.5. The van der Waals surface area contributed by atoms with Crippen LogP contribution in [0.4, 0.5) is 4.79 Å². The van der Waals surface area contributed by atoms with Crippen LogP contribution in [0.5, 0.6) is 11.5 Å². The minimum absolute atomic E-state index is 0.149. The van der Waals surface area contributed by atoms with Crippen LogP contribution in [0.25, 0.3) is 0 Å². The fourth-order valence-corrected chi connectivity index (χ4v) is 1.57. The van der Waals surface area contributed by atoms with Crippen molar-refractivity contribution >= 4 is 6.09 Å². The molecule has 0 aliphatic carbocycles. The largest absolute Gasteiger partial charge is 0.493 e. The lowest BCUT2D eigenvalue weighted by atomic mass is 10.1. The smallest absolute Gasteiger partial charge is 0.407 e. The van der Waals surface area contributed by atoms with Crippen LogP contribution in [-0.2, 0) is 11.2 Å². The SMILES string of the molecule is [2H]C([2H])([2H])Oc1ccc(CCNC(=O)OC(C)(C)C)cc1OC. The molecule has 1 amide bonds. The summed E-state index contributed by atoms with van der Waals surface area (Å²) in [7, 11) is -1.10. The van der Waals surface area contributed by atoms with Gasteiger partial charge in [-0.05, 0) is 44.9 Å². The molecular formula is C15H23NO4. The van der Waals surface area contributed by atoms with Crippen molar-refractivity contribution in [3.8, 4) is 11.5 Å². The number of benzene rings is 1. The average molecular weight is 284 g/mol. The standard InChI is InChI=1S/C15H23NO4/c1-15(2,3)20-14(17)16-9-8-11-6-7-12(18-4)13(10-11)19-5/h6-7,10H,8-9H2,1-5H3,(H,16,17)/i4D3. The molecule has 1 N–H and O–H groups in total. The third-order valence-corrected chi connectivity index (χ3v) is 2.42. The lowest BCUT2D eigenvalue weighted by Gasteiger charge is -2.19. The highest BCUT2D eigenvalue weighted by Crippen LogP contribution is 2.27. The maximum Gasteiger partial charge on any atom is 0.407 e. The molecule has 0 heterocycles. The van der Waals surface area contributed by atoms with Gasteiger partial charge >= 0.3 is 6.09 Å². The second kappa shape index (κ2) is 7.03. The molecule has 0 fully saturated rings. The number of carbonyl (C=O) groups excluding carboxylic acids is 1. The number of ether oxygens (including phenoxy) is 3. The molecule has 0 aliphatic heterocycles. The van der Waals surface area contributed by atoms with Gasteiger partial charge in [-0.3, -0.25) is 0 Å². The first kappa shape index (κ1) is 11.9. The van der Waals surface area contributed by atoms with Crippen LogP contribution >= 0.6 is 0 Å². The summed E-state index contributed by atoms with van der Waals surface area (Å²) in [6.07, 6.45) is 0.0655. The van der Waals surface area contributed by atoms with Gasteiger partial charge in [-0.15, -0.1) is 0 Å². The van der Waals surface area contributed by atoms with Crippen LogP contribution in [0.3, 0.4) is 0 Å². The summed E-state index contributed by atoms with van der Waals surface area (Å²) in [5.74, 6) is 0.479. The van der Waals surface area contributed by atoms with Gasteiger partial charge in [-0.1, -0.05) is 6.07 Å². The number of hydrogen-bond acceptors (Lipinski definition) is 4. The summed E-state index contributed by atoms with van der Waals surface area (Å²) >= 11 is 0. The maximum atomic E-state index is 11.5. The Morgan fingerprint density at radius 2 is 2.05 bits per heavy atom. The molecule has 1 rings (SSSR count).